The van der Waals surface area contributed by atoms with Gasteiger partial charge in [-0.1, -0.05) is 50.1 Å². The summed E-state index contributed by atoms with van der Waals surface area (Å²) in [7, 11) is 0. The fourth-order valence-corrected chi connectivity index (χ4v) is 3.84. The van der Waals surface area contributed by atoms with Crippen LogP contribution in [0.5, 0.6) is 0 Å². The smallest absolute Gasteiger partial charge is 0.230 e. The maximum Gasteiger partial charge on any atom is 0.230 e. The highest BCUT2D eigenvalue weighted by molar-refractivity contribution is 7.99. The minimum absolute atomic E-state index is 0.000513. The minimum atomic E-state index is -0.528. The van der Waals surface area contributed by atoms with E-state index in [1.807, 2.05) is 30.3 Å². The lowest BCUT2D eigenvalue weighted by Crippen LogP contribution is -2.32. The van der Waals surface area contributed by atoms with Crippen LogP contribution in [0.2, 0.25) is 0 Å². The van der Waals surface area contributed by atoms with E-state index in [1.165, 1.54) is 31.0 Å². The Labute approximate surface area is 149 Å². The summed E-state index contributed by atoms with van der Waals surface area (Å²) >= 11 is 1.45. The Morgan fingerprint density at radius 3 is 2.83 bits per heavy atom. The summed E-state index contributed by atoms with van der Waals surface area (Å²) in [6.07, 6.45) is 4.77. The van der Waals surface area contributed by atoms with Gasteiger partial charge in [0.25, 0.3) is 0 Å². The van der Waals surface area contributed by atoms with Gasteiger partial charge in [0.1, 0.15) is 0 Å². The zero-order chi connectivity index (χ0) is 17.2. The number of thioether (sulfide) groups is 1. The number of rotatable bonds is 9. The molecule has 3 unspecified atom stereocenters. The van der Waals surface area contributed by atoms with Gasteiger partial charge in [0.05, 0.1) is 24.6 Å². The van der Waals surface area contributed by atoms with Crippen LogP contribution in [0, 0.1) is 5.92 Å². The van der Waals surface area contributed by atoms with Crippen molar-refractivity contribution in [1.29, 1.82) is 0 Å². The molecule has 0 radical (unpaired) electrons. The molecule has 3 atom stereocenters. The summed E-state index contributed by atoms with van der Waals surface area (Å²) in [4.78, 5) is 11.8. The Kier molecular flexibility index (Phi) is 8.64. The van der Waals surface area contributed by atoms with Crippen molar-refractivity contribution < 1.29 is 14.6 Å². The Morgan fingerprint density at radius 1 is 1.33 bits per heavy atom. The predicted molar refractivity (Wildman–Crippen MR) is 99.1 cm³/mol. The molecule has 1 aromatic carbocycles. The number of hydrogen-bond acceptors (Lipinski definition) is 4. The van der Waals surface area contributed by atoms with E-state index in [1.54, 1.807) is 0 Å². The molecule has 5 heteroatoms. The van der Waals surface area contributed by atoms with Crippen LogP contribution in [0.1, 0.15) is 44.3 Å². The molecule has 0 heterocycles. The third-order valence-corrected chi connectivity index (χ3v) is 5.50. The first-order chi connectivity index (χ1) is 11.7. The van der Waals surface area contributed by atoms with Crippen molar-refractivity contribution >= 4 is 17.7 Å². The molecule has 0 saturated heterocycles. The van der Waals surface area contributed by atoms with Crippen LogP contribution in [0.3, 0.4) is 0 Å². The average molecular weight is 352 g/mol. The number of hydrogen-bond donors (Lipinski definition) is 2. The molecule has 4 nitrogen and oxygen atoms in total. The van der Waals surface area contributed by atoms with E-state index in [4.69, 9.17) is 4.74 Å². The zero-order valence-corrected chi connectivity index (χ0v) is 15.3. The Balaban J connectivity index is 1.52. The van der Waals surface area contributed by atoms with E-state index in [0.717, 1.165) is 12.0 Å². The van der Waals surface area contributed by atoms with Crippen molar-refractivity contribution in [2.75, 3.05) is 24.7 Å². The van der Waals surface area contributed by atoms with Crippen molar-refractivity contribution in [2.45, 2.75) is 44.8 Å². The van der Waals surface area contributed by atoms with E-state index in [0.29, 0.717) is 36.7 Å². The normalized spacial score (nSPS) is 22.1. The quantitative estimate of drug-likeness (QED) is 0.671. The second-order valence-electron chi connectivity index (χ2n) is 6.46. The van der Waals surface area contributed by atoms with E-state index in [9.17, 15) is 9.90 Å². The van der Waals surface area contributed by atoms with Gasteiger partial charge in [-0.15, -0.1) is 11.8 Å². The van der Waals surface area contributed by atoms with Crippen LogP contribution >= 0.6 is 11.8 Å². The van der Waals surface area contributed by atoms with Crippen LogP contribution in [0.4, 0.5) is 0 Å². The number of benzene rings is 1. The number of aliphatic hydroxyl groups excluding tert-OH is 1. The van der Waals surface area contributed by atoms with Gasteiger partial charge < -0.3 is 15.2 Å². The molecule has 1 aromatic rings. The molecule has 1 aliphatic rings. The molecule has 24 heavy (non-hydrogen) atoms. The number of nitrogens with one attached hydrogen (secondary N) is 1. The first-order valence-electron chi connectivity index (χ1n) is 8.86. The third kappa shape index (κ3) is 6.83. The maximum atomic E-state index is 11.8. The molecule has 1 saturated carbocycles. The number of ether oxygens (including phenoxy) is 1. The van der Waals surface area contributed by atoms with Crippen LogP contribution in [0.15, 0.2) is 30.3 Å². The molecular formula is C19H29NO3S. The fraction of sp³-hybridized carbons (Fsp3) is 0.632. The van der Waals surface area contributed by atoms with Crippen molar-refractivity contribution in [3.8, 4) is 0 Å². The summed E-state index contributed by atoms with van der Waals surface area (Å²) in [6.45, 7) is 3.39. The largest absolute Gasteiger partial charge is 0.388 e. The van der Waals surface area contributed by atoms with Gasteiger partial charge in [0.15, 0.2) is 0 Å². The SMILES string of the molecule is CC1CCCCC1OCCNC(=O)CSCC(O)c1ccccc1. The van der Waals surface area contributed by atoms with E-state index in [-0.39, 0.29) is 5.91 Å². The van der Waals surface area contributed by atoms with E-state index in [2.05, 4.69) is 12.2 Å². The van der Waals surface area contributed by atoms with Gasteiger partial charge in [-0.3, -0.25) is 4.79 Å². The summed E-state index contributed by atoms with van der Waals surface area (Å²) in [5.41, 5.74) is 0.889. The highest BCUT2D eigenvalue weighted by Gasteiger charge is 2.21. The fourth-order valence-electron chi connectivity index (χ4n) is 3.02. The van der Waals surface area contributed by atoms with Crippen LogP contribution in [0.25, 0.3) is 0 Å². The summed E-state index contributed by atoms with van der Waals surface area (Å²) in [5.74, 6) is 1.52. The molecule has 1 aliphatic carbocycles. The molecule has 134 valence electrons. The van der Waals surface area contributed by atoms with Gasteiger partial charge in [0, 0.05) is 12.3 Å². The predicted octanol–water partition coefficient (Wildman–Crippen LogP) is 3.16. The second-order valence-corrected chi connectivity index (χ2v) is 7.49. The van der Waals surface area contributed by atoms with E-state index >= 15 is 0 Å². The first kappa shape index (κ1) is 19.3. The molecule has 2 rings (SSSR count). The highest BCUT2D eigenvalue weighted by Crippen LogP contribution is 2.26. The number of amides is 1. The van der Waals surface area contributed by atoms with E-state index < -0.39 is 6.10 Å². The monoisotopic (exact) mass is 351 g/mol. The lowest BCUT2D eigenvalue weighted by molar-refractivity contribution is -0.119. The molecule has 2 N–H and O–H groups in total. The van der Waals surface area contributed by atoms with Crippen molar-refractivity contribution in [2.24, 2.45) is 5.92 Å². The average Bonchev–Trinajstić information content (AvgIpc) is 2.61. The lowest BCUT2D eigenvalue weighted by Gasteiger charge is -2.28. The second kappa shape index (κ2) is 10.7. The Morgan fingerprint density at radius 2 is 2.08 bits per heavy atom. The summed E-state index contributed by atoms with van der Waals surface area (Å²) in [5, 5.41) is 12.9. The van der Waals surface area contributed by atoms with Crippen molar-refractivity contribution in [1.82, 2.24) is 5.32 Å². The molecule has 1 fully saturated rings. The molecule has 0 spiro atoms. The summed E-state index contributed by atoms with van der Waals surface area (Å²) in [6, 6.07) is 9.53. The zero-order valence-electron chi connectivity index (χ0n) is 14.4. The lowest BCUT2D eigenvalue weighted by atomic mass is 9.88. The molecule has 0 aliphatic heterocycles. The van der Waals surface area contributed by atoms with Crippen LogP contribution in [-0.2, 0) is 9.53 Å². The topological polar surface area (TPSA) is 58.6 Å². The van der Waals surface area contributed by atoms with Gasteiger partial charge in [-0.2, -0.15) is 0 Å². The Hall–Kier alpha value is -1.04. The first-order valence-corrected chi connectivity index (χ1v) is 10.0. The third-order valence-electron chi connectivity index (χ3n) is 4.48. The molecule has 1 amide bonds. The Bertz CT molecular complexity index is 483. The van der Waals surface area contributed by atoms with Crippen molar-refractivity contribution in [3.05, 3.63) is 35.9 Å². The van der Waals surface area contributed by atoms with Crippen LogP contribution in [-0.4, -0.2) is 41.8 Å². The minimum Gasteiger partial charge on any atom is -0.388 e. The molecule has 0 aromatic heterocycles. The standard InChI is InChI=1S/C19H29NO3S/c1-15-7-5-6-10-18(15)23-12-11-20-19(22)14-24-13-17(21)16-8-3-2-4-9-16/h2-4,8-9,15,17-18,21H,5-7,10-14H2,1H3,(H,20,22). The van der Waals surface area contributed by atoms with Gasteiger partial charge in [-0.05, 0) is 24.3 Å². The summed E-state index contributed by atoms with van der Waals surface area (Å²) < 4.78 is 5.88. The van der Waals surface area contributed by atoms with Crippen molar-refractivity contribution in [3.63, 3.8) is 0 Å². The van der Waals surface area contributed by atoms with Crippen LogP contribution < -0.4 is 5.32 Å². The van der Waals surface area contributed by atoms with Gasteiger partial charge in [-0.25, -0.2) is 0 Å². The number of carbonyl (C=O) groups is 1. The maximum absolute atomic E-state index is 11.8. The highest BCUT2D eigenvalue weighted by atomic mass is 32.2. The van der Waals surface area contributed by atoms with Gasteiger partial charge >= 0.3 is 0 Å². The van der Waals surface area contributed by atoms with Gasteiger partial charge in [0.2, 0.25) is 5.91 Å². The number of aliphatic hydroxyl groups is 1. The number of carbonyl (C=O) groups excluding carboxylic acids is 1. The molecule has 0 bridgehead atoms. The molecular weight excluding hydrogens is 322 g/mol.